The van der Waals surface area contributed by atoms with Gasteiger partial charge < -0.3 is 14.5 Å². The van der Waals surface area contributed by atoms with Crippen molar-refractivity contribution < 1.29 is 9.15 Å². The number of anilines is 1. The van der Waals surface area contributed by atoms with E-state index in [1.54, 1.807) is 6.26 Å². The molecule has 0 saturated carbocycles. The molecule has 1 aliphatic rings. The summed E-state index contributed by atoms with van der Waals surface area (Å²) in [5.74, 6) is 2.53. The highest BCUT2D eigenvalue weighted by atomic mass is 16.5. The molecule has 0 aromatic carbocycles. The highest BCUT2D eigenvalue weighted by Gasteiger charge is 2.17. The summed E-state index contributed by atoms with van der Waals surface area (Å²) in [4.78, 5) is 0. The molecule has 5 heteroatoms. The first-order chi connectivity index (χ1) is 8.92. The van der Waals surface area contributed by atoms with Gasteiger partial charge in [0.05, 0.1) is 25.6 Å². The van der Waals surface area contributed by atoms with Gasteiger partial charge >= 0.3 is 0 Å². The molecule has 0 amide bonds. The lowest BCUT2D eigenvalue weighted by Gasteiger charge is -2.12. The van der Waals surface area contributed by atoms with Crippen molar-refractivity contribution >= 4 is 5.82 Å². The van der Waals surface area contributed by atoms with Gasteiger partial charge in [-0.3, -0.25) is 0 Å². The molecular weight excluding hydrogens is 230 g/mol. The Morgan fingerprint density at radius 2 is 2.44 bits per heavy atom. The largest absolute Gasteiger partial charge is 0.467 e. The predicted molar refractivity (Wildman–Crippen MR) is 67.2 cm³/mol. The van der Waals surface area contributed by atoms with Gasteiger partial charge in [-0.15, -0.1) is 0 Å². The maximum atomic E-state index is 5.39. The fraction of sp³-hybridized carbons (Fsp3) is 0.462. The van der Waals surface area contributed by atoms with E-state index in [2.05, 4.69) is 10.4 Å². The zero-order valence-corrected chi connectivity index (χ0v) is 10.2. The van der Waals surface area contributed by atoms with E-state index in [1.807, 2.05) is 29.1 Å². The zero-order valence-electron chi connectivity index (χ0n) is 10.2. The van der Waals surface area contributed by atoms with Crippen molar-refractivity contribution in [2.24, 2.45) is 5.92 Å². The van der Waals surface area contributed by atoms with Crippen LogP contribution in [0.3, 0.4) is 0 Å². The number of nitrogens with one attached hydrogen (secondary N) is 1. The number of rotatable bonds is 5. The van der Waals surface area contributed by atoms with Crippen molar-refractivity contribution in [3.05, 3.63) is 36.4 Å². The lowest BCUT2D eigenvalue weighted by atomic mass is 10.1. The van der Waals surface area contributed by atoms with Crippen molar-refractivity contribution in [3.63, 3.8) is 0 Å². The van der Waals surface area contributed by atoms with E-state index in [-0.39, 0.29) is 0 Å². The normalized spacial score (nSPS) is 19.2. The van der Waals surface area contributed by atoms with Gasteiger partial charge in [0, 0.05) is 25.1 Å². The fourth-order valence-corrected chi connectivity index (χ4v) is 2.19. The Bertz CT molecular complexity index is 472. The molecule has 1 atom stereocenters. The molecule has 1 fully saturated rings. The molecule has 1 unspecified atom stereocenters. The van der Waals surface area contributed by atoms with Crippen LogP contribution in [0.25, 0.3) is 0 Å². The van der Waals surface area contributed by atoms with Crippen molar-refractivity contribution in [1.82, 2.24) is 9.78 Å². The topological polar surface area (TPSA) is 52.2 Å². The smallest absolute Gasteiger partial charge is 0.124 e. The van der Waals surface area contributed by atoms with Gasteiger partial charge in [-0.05, 0) is 18.6 Å². The Kier molecular flexibility index (Phi) is 3.32. The lowest BCUT2D eigenvalue weighted by Crippen LogP contribution is -2.14. The number of hydrogen-bond acceptors (Lipinski definition) is 4. The average molecular weight is 247 g/mol. The van der Waals surface area contributed by atoms with Gasteiger partial charge in [-0.25, -0.2) is 4.68 Å². The number of ether oxygens (including phenoxy) is 1. The lowest BCUT2D eigenvalue weighted by molar-refractivity contribution is 0.181. The summed E-state index contributed by atoms with van der Waals surface area (Å²) in [6.45, 7) is 3.31. The highest BCUT2D eigenvalue weighted by molar-refractivity contribution is 5.34. The van der Waals surface area contributed by atoms with Crippen molar-refractivity contribution in [3.8, 4) is 0 Å². The maximum absolute atomic E-state index is 5.39. The third-order valence-corrected chi connectivity index (χ3v) is 3.20. The van der Waals surface area contributed by atoms with E-state index in [9.17, 15) is 0 Å². The number of furan rings is 1. The second-order valence-electron chi connectivity index (χ2n) is 4.56. The summed E-state index contributed by atoms with van der Waals surface area (Å²) < 4.78 is 12.7. The molecule has 1 saturated heterocycles. The minimum absolute atomic E-state index is 0.578. The minimum atomic E-state index is 0.578. The van der Waals surface area contributed by atoms with E-state index in [0.717, 1.165) is 37.8 Å². The summed E-state index contributed by atoms with van der Waals surface area (Å²) in [5, 5.41) is 7.68. The van der Waals surface area contributed by atoms with Crippen LogP contribution in [0.15, 0.2) is 35.1 Å². The minimum Gasteiger partial charge on any atom is -0.467 e. The number of nitrogens with zero attached hydrogens (tertiary/aromatic N) is 2. The van der Waals surface area contributed by atoms with Crippen molar-refractivity contribution in [2.75, 3.05) is 18.5 Å². The molecule has 2 aromatic rings. The van der Waals surface area contributed by atoms with Crippen LogP contribution >= 0.6 is 0 Å². The fourth-order valence-electron chi connectivity index (χ4n) is 2.19. The van der Waals surface area contributed by atoms with Crippen LogP contribution < -0.4 is 5.32 Å². The monoisotopic (exact) mass is 247 g/mol. The Hall–Kier alpha value is -1.75. The summed E-state index contributed by atoms with van der Waals surface area (Å²) in [5.41, 5.74) is 0. The van der Waals surface area contributed by atoms with Crippen molar-refractivity contribution in [2.45, 2.75) is 19.5 Å². The standard InChI is InChI=1S/C13H17N3O2/c1-2-12(18-6-1)8-14-13-3-5-15-16(13)9-11-4-7-17-10-11/h1-3,5-6,11,14H,4,7-10H2. The molecule has 1 aliphatic heterocycles. The van der Waals surface area contributed by atoms with Crippen molar-refractivity contribution in [1.29, 1.82) is 0 Å². The first-order valence-corrected chi connectivity index (χ1v) is 6.27. The van der Waals surface area contributed by atoms with E-state index >= 15 is 0 Å². The van der Waals surface area contributed by atoms with E-state index in [4.69, 9.17) is 9.15 Å². The Morgan fingerprint density at radius 3 is 3.22 bits per heavy atom. The Balaban J connectivity index is 1.60. The van der Waals surface area contributed by atoms with Crippen LogP contribution in [-0.4, -0.2) is 23.0 Å². The van der Waals surface area contributed by atoms with Gasteiger partial charge in [-0.2, -0.15) is 5.10 Å². The molecule has 2 aromatic heterocycles. The van der Waals surface area contributed by atoms with Crippen LogP contribution in [-0.2, 0) is 17.8 Å². The van der Waals surface area contributed by atoms with Gasteiger partial charge in [0.15, 0.2) is 0 Å². The predicted octanol–water partition coefficient (Wildman–Crippen LogP) is 2.12. The molecule has 0 bridgehead atoms. The SMILES string of the molecule is c1coc(CNc2ccnn2CC2CCOC2)c1. The summed E-state index contributed by atoms with van der Waals surface area (Å²) in [6.07, 6.45) is 4.63. The van der Waals surface area contributed by atoms with Gasteiger partial charge in [0.2, 0.25) is 0 Å². The molecule has 96 valence electrons. The number of aromatic nitrogens is 2. The molecule has 1 N–H and O–H groups in total. The summed E-state index contributed by atoms with van der Waals surface area (Å²) in [6, 6.07) is 5.83. The Morgan fingerprint density at radius 1 is 1.44 bits per heavy atom. The summed E-state index contributed by atoms with van der Waals surface area (Å²) >= 11 is 0. The third-order valence-electron chi connectivity index (χ3n) is 3.20. The molecular formula is C13H17N3O2. The van der Waals surface area contributed by atoms with Crippen LogP contribution in [0.5, 0.6) is 0 Å². The molecule has 18 heavy (non-hydrogen) atoms. The quantitative estimate of drug-likeness (QED) is 0.879. The molecule has 0 spiro atoms. The average Bonchev–Trinajstić information content (AvgIpc) is 3.10. The summed E-state index contributed by atoms with van der Waals surface area (Å²) in [7, 11) is 0. The van der Waals surface area contributed by atoms with Crippen LogP contribution in [0.2, 0.25) is 0 Å². The van der Waals surface area contributed by atoms with E-state index < -0.39 is 0 Å². The van der Waals surface area contributed by atoms with Crippen LogP contribution in [0.4, 0.5) is 5.82 Å². The van der Waals surface area contributed by atoms with E-state index in [0.29, 0.717) is 12.5 Å². The third kappa shape index (κ3) is 2.56. The van der Waals surface area contributed by atoms with Crippen LogP contribution in [0.1, 0.15) is 12.2 Å². The zero-order chi connectivity index (χ0) is 12.2. The number of hydrogen-bond donors (Lipinski definition) is 1. The molecule has 5 nitrogen and oxygen atoms in total. The highest BCUT2D eigenvalue weighted by Crippen LogP contribution is 2.17. The van der Waals surface area contributed by atoms with Gasteiger partial charge in [0.1, 0.15) is 11.6 Å². The van der Waals surface area contributed by atoms with Gasteiger partial charge in [-0.1, -0.05) is 0 Å². The second-order valence-corrected chi connectivity index (χ2v) is 4.56. The molecule has 0 aliphatic carbocycles. The Labute approximate surface area is 106 Å². The molecule has 3 heterocycles. The maximum Gasteiger partial charge on any atom is 0.124 e. The first-order valence-electron chi connectivity index (χ1n) is 6.27. The van der Waals surface area contributed by atoms with E-state index in [1.165, 1.54) is 0 Å². The van der Waals surface area contributed by atoms with Gasteiger partial charge in [0.25, 0.3) is 0 Å². The second kappa shape index (κ2) is 5.27. The first kappa shape index (κ1) is 11.3. The van der Waals surface area contributed by atoms with Crippen LogP contribution in [0, 0.1) is 5.92 Å². The molecule has 3 rings (SSSR count). The molecule has 0 radical (unpaired) electrons.